The van der Waals surface area contributed by atoms with Gasteiger partial charge in [0.15, 0.2) is 0 Å². The predicted molar refractivity (Wildman–Crippen MR) is 150 cm³/mol. The van der Waals surface area contributed by atoms with E-state index in [0.717, 1.165) is 22.4 Å². The highest BCUT2D eigenvalue weighted by atomic mass is 16.5. The maximum absolute atomic E-state index is 12.8. The van der Waals surface area contributed by atoms with Gasteiger partial charge >= 0.3 is 5.97 Å². The van der Waals surface area contributed by atoms with Crippen LogP contribution in [0.1, 0.15) is 45.7 Å². The fraction of sp³-hybridized carbons (Fsp3) is 0.258. The molecule has 0 saturated carbocycles. The third-order valence-corrected chi connectivity index (χ3v) is 5.34. The molecule has 1 aromatic heterocycles. The second kappa shape index (κ2) is 17.3. The van der Waals surface area contributed by atoms with Gasteiger partial charge in [0.2, 0.25) is 0 Å². The van der Waals surface area contributed by atoms with Crippen LogP contribution in [0, 0.1) is 0 Å². The number of amides is 1. The van der Waals surface area contributed by atoms with Crippen LogP contribution < -0.4 is 5.32 Å². The van der Waals surface area contributed by atoms with E-state index in [1.165, 1.54) is 0 Å². The van der Waals surface area contributed by atoms with E-state index in [0.29, 0.717) is 30.8 Å². The van der Waals surface area contributed by atoms with Gasteiger partial charge in [-0.2, -0.15) is 0 Å². The zero-order valence-corrected chi connectivity index (χ0v) is 22.1. The van der Waals surface area contributed by atoms with Crippen molar-refractivity contribution >= 4 is 11.9 Å². The van der Waals surface area contributed by atoms with E-state index in [2.05, 4.69) is 30.0 Å². The Hall–Kier alpha value is -4.19. The maximum atomic E-state index is 12.8. The van der Waals surface area contributed by atoms with Crippen LogP contribution in [0.4, 0.5) is 0 Å². The Balaban J connectivity index is 0.00000217. The molecule has 0 saturated heterocycles. The molecule has 0 spiro atoms. The molecule has 1 atom stereocenters. The summed E-state index contributed by atoms with van der Waals surface area (Å²) in [6.07, 6.45) is 17.4. The van der Waals surface area contributed by atoms with Gasteiger partial charge in [-0.05, 0) is 63.0 Å². The van der Waals surface area contributed by atoms with Crippen molar-refractivity contribution in [1.29, 1.82) is 0 Å². The lowest BCUT2D eigenvalue weighted by molar-refractivity contribution is -0.141. The number of hydrogen-bond donors (Lipinski definition) is 2. The summed E-state index contributed by atoms with van der Waals surface area (Å²) in [6, 6.07) is 4.61. The van der Waals surface area contributed by atoms with Crippen molar-refractivity contribution in [3.05, 3.63) is 126 Å². The molecule has 2 rings (SSSR count). The number of rotatable bonds is 10. The zero-order chi connectivity index (χ0) is 27.6. The highest BCUT2D eigenvalue weighted by Gasteiger charge is 2.22. The lowest BCUT2D eigenvalue weighted by atomic mass is 9.94. The van der Waals surface area contributed by atoms with Gasteiger partial charge in [0.05, 0.1) is 5.69 Å². The van der Waals surface area contributed by atoms with Crippen LogP contribution >= 0.6 is 0 Å². The van der Waals surface area contributed by atoms with Crippen molar-refractivity contribution in [2.45, 2.75) is 52.7 Å². The summed E-state index contributed by atoms with van der Waals surface area (Å²) in [5, 5.41) is 12.1. The Bertz CT molecular complexity index is 1110. The van der Waals surface area contributed by atoms with Gasteiger partial charge in [0, 0.05) is 18.2 Å². The summed E-state index contributed by atoms with van der Waals surface area (Å²) in [5.41, 5.74) is 4.07. The van der Waals surface area contributed by atoms with Crippen LogP contribution in [0.2, 0.25) is 0 Å². The Morgan fingerprint density at radius 3 is 2.49 bits per heavy atom. The highest BCUT2D eigenvalue weighted by Crippen LogP contribution is 2.25. The van der Waals surface area contributed by atoms with Gasteiger partial charge in [-0.3, -0.25) is 9.78 Å². The Morgan fingerprint density at radius 2 is 1.92 bits per heavy atom. The fourth-order valence-corrected chi connectivity index (χ4v) is 3.37. The molecule has 1 amide bonds. The molecule has 6 heteroatoms. The lowest BCUT2D eigenvalue weighted by Gasteiger charge is -2.17. The summed E-state index contributed by atoms with van der Waals surface area (Å²) in [7, 11) is 0. The number of carbonyl (C=O) groups is 2. The van der Waals surface area contributed by atoms with E-state index >= 15 is 0 Å². The molecule has 2 N–H and O–H groups in total. The molecule has 0 bridgehead atoms. The summed E-state index contributed by atoms with van der Waals surface area (Å²) in [5.74, 6) is -0.982. The number of nitrogens with one attached hydrogen (secondary N) is 1. The Labute approximate surface area is 220 Å². The van der Waals surface area contributed by atoms with Gasteiger partial charge in [-0.25, -0.2) is 4.79 Å². The predicted octanol–water partition coefficient (Wildman–Crippen LogP) is 6.55. The van der Waals surface area contributed by atoms with Crippen LogP contribution in [-0.4, -0.2) is 28.0 Å². The van der Waals surface area contributed by atoms with Gasteiger partial charge in [0.25, 0.3) is 5.91 Å². The number of nitrogens with zero attached hydrogens (tertiary/aromatic N) is 1. The van der Waals surface area contributed by atoms with Gasteiger partial charge in [-0.15, -0.1) is 6.58 Å². The molecule has 37 heavy (non-hydrogen) atoms. The van der Waals surface area contributed by atoms with Crippen molar-refractivity contribution < 1.29 is 19.4 Å². The summed E-state index contributed by atoms with van der Waals surface area (Å²) >= 11 is 0. The van der Waals surface area contributed by atoms with Crippen LogP contribution in [-0.2, 0) is 20.9 Å². The maximum Gasteiger partial charge on any atom is 0.326 e. The number of ether oxygens (including phenoxy) is 1. The zero-order valence-electron chi connectivity index (χ0n) is 22.1. The molecular weight excluding hydrogens is 464 g/mol. The third-order valence-electron chi connectivity index (χ3n) is 5.34. The van der Waals surface area contributed by atoms with Gasteiger partial charge in [-0.1, -0.05) is 67.3 Å². The molecule has 1 aromatic rings. The molecule has 196 valence electrons. The van der Waals surface area contributed by atoms with Crippen LogP contribution in [0.25, 0.3) is 0 Å². The summed E-state index contributed by atoms with van der Waals surface area (Å²) < 4.78 is 5.74. The first-order chi connectivity index (χ1) is 17.8. The average molecular weight is 503 g/mol. The minimum absolute atomic E-state index is 0.172. The molecule has 0 aliphatic heterocycles. The second-order valence-electron chi connectivity index (χ2n) is 8.07. The number of carboxylic acids is 1. The molecule has 1 aliphatic carbocycles. The average Bonchev–Trinajstić information content (AvgIpc) is 2.88. The Kier molecular flexibility index (Phi) is 14.4. The monoisotopic (exact) mass is 502 g/mol. The van der Waals surface area contributed by atoms with Crippen molar-refractivity contribution in [2.75, 3.05) is 0 Å². The quantitative estimate of drug-likeness (QED) is 0.215. The molecule has 6 nitrogen and oxygen atoms in total. The first-order valence-corrected chi connectivity index (χ1v) is 12.1. The first kappa shape index (κ1) is 30.8. The number of hydrogen-bond acceptors (Lipinski definition) is 4. The SMILES string of the molecule is C=C/C(=C\C)CC(NC(=O)/C1=C/CC(=C/C)/C(=C\C(=C)OCc2ccccn2)CC=C1)C(=O)O.C=CC. The van der Waals surface area contributed by atoms with Crippen molar-refractivity contribution in [2.24, 2.45) is 0 Å². The smallest absolute Gasteiger partial charge is 0.326 e. The van der Waals surface area contributed by atoms with Crippen molar-refractivity contribution in [1.82, 2.24) is 10.3 Å². The van der Waals surface area contributed by atoms with E-state index in [1.807, 2.05) is 50.3 Å². The normalized spacial score (nSPS) is 17.7. The number of carbonyl (C=O) groups excluding carboxylic acids is 1. The first-order valence-electron chi connectivity index (χ1n) is 12.1. The standard InChI is InChI=1S/C28H32N2O4.C3H6/c1-5-21(6-2)18-26(28(32)33)30-27(31)23-11-10-12-24(22(7-3)14-15-23)17-20(4)34-19-25-13-8-9-16-29-25;1-3-2/h5-11,13,15-17,26H,1,4,12,14,18-19H2,2-3H3,(H,30,31)(H,32,33);3H,1H2,2H3/b11-10?,21-6+,22-7-,23-15+,24-17-;. The number of pyridine rings is 1. The molecule has 0 radical (unpaired) electrons. The van der Waals surface area contributed by atoms with Crippen LogP contribution in [0.5, 0.6) is 0 Å². The summed E-state index contributed by atoms with van der Waals surface area (Å²) in [6.45, 7) is 17.0. The van der Waals surface area contributed by atoms with Crippen LogP contribution in [0.15, 0.2) is 121 Å². The van der Waals surface area contributed by atoms with Crippen molar-refractivity contribution in [3.63, 3.8) is 0 Å². The van der Waals surface area contributed by atoms with Crippen LogP contribution in [0.3, 0.4) is 0 Å². The van der Waals surface area contributed by atoms with E-state index in [9.17, 15) is 14.7 Å². The second-order valence-corrected chi connectivity index (χ2v) is 8.07. The number of allylic oxidation sites excluding steroid dienone is 9. The number of carboxylic acid groups (broad SMARTS) is 1. The lowest BCUT2D eigenvalue weighted by Crippen LogP contribution is -2.41. The molecule has 1 aliphatic rings. The number of aromatic nitrogens is 1. The van der Waals surface area contributed by atoms with Gasteiger partial charge < -0.3 is 15.2 Å². The van der Waals surface area contributed by atoms with Crippen molar-refractivity contribution in [3.8, 4) is 0 Å². The highest BCUT2D eigenvalue weighted by molar-refractivity contribution is 5.98. The minimum Gasteiger partial charge on any atom is -0.488 e. The summed E-state index contributed by atoms with van der Waals surface area (Å²) in [4.78, 5) is 28.7. The van der Waals surface area contributed by atoms with E-state index in [1.54, 1.807) is 43.5 Å². The molecular formula is C31H38N2O4. The van der Waals surface area contributed by atoms with Gasteiger partial charge in [0.1, 0.15) is 18.4 Å². The fourth-order valence-electron chi connectivity index (χ4n) is 3.37. The largest absolute Gasteiger partial charge is 0.488 e. The van der Waals surface area contributed by atoms with E-state index < -0.39 is 17.9 Å². The molecule has 0 fully saturated rings. The molecule has 0 aromatic carbocycles. The topological polar surface area (TPSA) is 88.5 Å². The van der Waals surface area contributed by atoms with E-state index in [-0.39, 0.29) is 6.42 Å². The minimum atomic E-state index is -1.09. The number of aliphatic carboxylic acids is 1. The molecule has 1 heterocycles. The van der Waals surface area contributed by atoms with E-state index in [4.69, 9.17) is 4.74 Å². The Morgan fingerprint density at radius 1 is 1.19 bits per heavy atom. The third kappa shape index (κ3) is 11.4. The molecule has 1 unspecified atom stereocenters.